The maximum absolute atomic E-state index is 12.8. The van der Waals surface area contributed by atoms with Crippen molar-refractivity contribution in [3.63, 3.8) is 0 Å². The summed E-state index contributed by atoms with van der Waals surface area (Å²) in [6.45, 7) is 5.27. The lowest BCUT2D eigenvalue weighted by molar-refractivity contribution is 0.477. The van der Waals surface area contributed by atoms with E-state index >= 15 is 0 Å². The van der Waals surface area contributed by atoms with Gasteiger partial charge in [-0.05, 0) is 61.9 Å². The summed E-state index contributed by atoms with van der Waals surface area (Å²) in [6, 6.07) is 14.3. The van der Waals surface area contributed by atoms with Crippen LogP contribution in [0.1, 0.15) is 31.9 Å². The maximum atomic E-state index is 12.8. The average Bonchev–Trinajstić information content (AvgIpc) is 2.47. The zero-order chi connectivity index (χ0) is 14.4. The zero-order valence-electron chi connectivity index (χ0n) is 11.9. The molecule has 1 unspecified atom stereocenters. The first-order chi connectivity index (χ1) is 9.69. The second kappa shape index (κ2) is 7.06. The smallest absolute Gasteiger partial charge is 0.127 e. The molecule has 0 spiro atoms. The predicted octanol–water partition coefficient (Wildman–Crippen LogP) is 4.68. The Morgan fingerprint density at radius 1 is 1.10 bits per heavy atom. The van der Waals surface area contributed by atoms with Gasteiger partial charge in [-0.2, -0.15) is 0 Å². The molecule has 3 heteroatoms. The van der Waals surface area contributed by atoms with E-state index in [0.717, 1.165) is 18.7 Å². The van der Waals surface area contributed by atoms with E-state index in [1.807, 2.05) is 18.2 Å². The highest BCUT2D eigenvalue weighted by molar-refractivity contribution is 5.35. The van der Waals surface area contributed by atoms with Gasteiger partial charge in [0.25, 0.3) is 0 Å². The number of hydrogen-bond acceptors (Lipinski definition) is 2. The average molecular weight is 273 g/mol. The van der Waals surface area contributed by atoms with E-state index in [1.165, 1.54) is 17.7 Å². The van der Waals surface area contributed by atoms with Crippen LogP contribution in [-0.4, -0.2) is 6.54 Å². The van der Waals surface area contributed by atoms with E-state index in [2.05, 4.69) is 25.2 Å². The molecule has 20 heavy (non-hydrogen) atoms. The summed E-state index contributed by atoms with van der Waals surface area (Å²) in [5.74, 6) is 1.14. The molecule has 2 nitrogen and oxygen atoms in total. The molecule has 0 heterocycles. The Morgan fingerprint density at radius 3 is 2.55 bits per heavy atom. The summed E-state index contributed by atoms with van der Waals surface area (Å²) in [5, 5.41) is 3.44. The zero-order valence-corrected chi connectivity index (χ0v) is 11.9. The second-order valence-electron chi connectivity index (χ2n) is 4.80. The molecule has 2 rings (SSSR count). The molecular formula is C17H20FNO. The van der Waals surface area contributed by atoms with Gasteiger partial charge in [-0.15, -0.1) is 0 Å². The fourth-order valence-corrected chi connectivity index (χ4v) is 1.96. The van der Waals surface area contributed by atoms with Gasteiger partial charge >= 0.3 is 0 Å². The molecule has 0 bridgehead atoms. The molecule has 0 aliphatic carbocycles. The van der Waals surface area contributed by atoms with E-state index in [1.54, 1.807) is 12.1 Å². The molecule has 2 aromatic carbocycles. The molecule has 0 aliphatic heterocycles. The fraction of sp³-hybridized carbons (Fsp3) is 0.294. The van der Waals surface area contributed by atoms with E-state index in [4.69, 9.17) is 4.74 Å². The SMILES string of the molecule is CCCNC(C)c1cccc(Oc2ccc(F)cc2)c1. The maximum Gasteiger partial charge on any atom is 0.127 e. The van der Waals surface area contributed by atoms with E-state index in [-0.39, 0.29) is 11.9 Å². The van der Waals surface area contributed by atoms with Gasteiger partial charge in [-0.25, -0.2) is 4.39 Å². The first kappa shape index (κ1) is 14.5. The number of ether oxygens (including phenoxy) is 1. The molecule has 0 amide bonds. The van der Waals surface area contributed by atoms with Gasteiger partial charge in [-0.1, -0.05) is 19.1 Å². The summed E-state index contributed by atoms with van der Waals surface area (Å²) >= 11 is 0. The van der Waals surface area contributed by atoms with Crippen LogP contribution >= 0.6 is 0 Å². The van der Waals surface area contributed by atoms with E-state index < -0.39 is 0 Å². The van der Waals surface area contributed by atoms with Crippen LogP contribution in [0.5, 0.6) is 11.5 Å². The van der Waals surface area contributed by atoms with Gasteiger partial charge in [0.05, 0.1) is 0 Å². The van der Waals surface area contributed by atoms with Crippen molar-refractivity contribution >= 4 is 0 Å². The molecule has 2 aromatic rings. The van der Waals surface area contributed by atoms with Crippen molar-refractivity contribution in [1.29, 1.82) is 0 Å². The van der Waals surface area contributed by atoms with Gasteiger partial charge in [0.2, 0.25) is 0 Å². The van der Waals surface area contributed by atoms with Gasteiger partial charge in [-0.3, -0.25) is 0 Å². The quantitative estimate of drug-likeness (QED) is 0.825. The number of rotatable bonds is 6. The minimum absolute atomic E-state index is 0.261. The lowest BCUT2D eigenvalue weighted by Crippen LogP contribution is -2.19. The van der Waals surface area contributed by atoms with Crippen molar-refractivity contribution in [2.24, 2.45) is 0 Å². The van der Waals surface area contributed by atoms with Gasteiger partial charge in [0.15, 0.2) is 0 Å². The van der Waals surface area contributed by atoms with Gasteiger partial charge < -0.3 is 10.1 Å². The first-order valence-electron chi connectivity index (χ1n) is 6.96. The van der Waals surface area contributed by atoms with Crippen LogP contribution in [0.2, 0.25) is 0 Å². The summed E-state index contributed by atoms with van der Waals surface area (Å²) in [7, 11) is 0. The number of nitrogens with one attached hydrogen (secondary N) is 1. The van der Waals surface area contributed by atoms with E-state index in [9.17, 15) is 4.39 Å². The highest BCUT2D eigenvalue weighted by Gasteiger charge is 2.06. The fourth-order valence-electron chi connectivity index (χ4n) is 1.96. The minimum atomic E-state index is -0.261. The van der Waals surface area contributed by atoms with Gasteiger partial charge in [0, 0.05) is 6.04 Å². The Bertz CT molecular complexity index is 539. The molecule has 0 saturated heterocycles. The van der Waals surface area contributed by atoms with Crippen molar-refractivity contribution < 1.29 is 9.13 Å². The molecule has 0 fully saturated rings. The largest absolute Gasteiger partial charge is 0.457 e. The molecule has 1 atom stereocenters. The highest BCUT2D eigenvalue weighted by Crippen LogP contribution is 2.24. The molecular weight excluding hydrogens is 253 g/mol. The third-order valence-electron chi connectivity index (χ3n) is 3.11. The molecule has 0 saturated carbocycles. The second-order valence-corrected chi connectivity index (χ2v) is 4.80. The highest BCUT2D eigenvalue weighted by atomic mass is 19.1. The Hall–Kier alpha value is -1.87. The molecule has 0 aromatic heterocycles. The third kappa shape index (κ3) is 4.07. The number of halogens is 1. The van der Waals surface area contributed by atoms with Crippen LogP contribution in [0.15, 0.2) is 48.5 Å². The van der Waals surface area contributed by atoms with Crippen LogP contribution in [0, 0.1) is 5.82 Å². The van der Waals surface area contributed by atoms with Crippen molar-refractivity contribution in [3.05, 3.63) is 59.9 Å². The Kier molecular flexibility index (Phi) is 5.13. The molecule has 0 radical (unpaired) electrons. The third-order valence-corrected chi connectivity index (χ3v) is 3.11. The summed E-state index contributed by atoms with van der Waals surface area (Å²) in [4.78, 5) is 0. The van der Waals surface area contributed by atoms with Crippen molar-refractivity contribution in [1.82, 2.24) is 5.32 Å². The standard InChI is InChI=1S/C17H20FNO/c1-3-11-19-13(2)14-5-4-6-17(12-14)20-16-9-7-15(18)8-10-16/h4-10,12-13,19H,3,11H2,1-2H3. The number of benzene rings is 2. The summed E-state index contributed by atoms with van der Waals surface area (Å²) in [5.41, 5.74) is 1.18. The van der Waals surface area contributed by atoms with Crippen molar-refractivity contribution in [2.75, 3.05) is 6.54 Å². The Labute approximate surface area is 119 Å². The van der Waals surface area contributed by atoms with Crippen LogP contribution in [0.4, 0.5) is 4.39 Å². The molecule has 1 N–H and O–H groups in total. The summed E-state index contributed by atoms with van der Waals surface area (Å²) < 4.78 is 18.6. The van der Waals surface area contributed by atoms with E-state index in [0.29, 0.717) is 5.75 Å². The molecule has 106 valence electrons. The lowest BCUT2D eigenvalue weighted by atomic mass is 10.1. The Balaban J connectivity index is 2.07. The first-order valence-corrected chi connectivity index (χ1v) is 6.96. The topological polar surface area (TPSA) is 21.3 Å². The molecule has 0 aliphatic rings. The predicted molar refractivity (Wildman–Crippen MR) is 79.6 cm³/mol. The Morgan fingerprint density at radius 2 is 1.85 bits per heavy atom. The van der Waals surface area contributed by atoms with Crippen LogP contribution < -0.4 is 10.1 Å². The minimum Gasteiger partial charge on any atom is -0.457 e. The lowest BCUT2D eigenvalue weighted by Gasteiger charge is -2.15. The van der Waals surface area contributed by atoms with Crippen molar-refractivity contribution in [2.45, 2.75) is 26.3 Å². The van der Waals surface area contributed by atoms with Crippen molar-refractivity contribution in [3.8, 4) is 11.5 Å². The number of hydrogen-bond donors (Lipinski definition) is 1. The van der Waals surface area contributed by atoms with Gasteiger partial charge in [0.1, 0.15) is 17.3 Å². The summed E-state index contributed by atoms with van der Waals surface area (Å²) in [6.07, 6.45) is 1.11. The monoisotopic (exact) mass is 273 g/mol. The van der Waals surface area contributed by atoms with Crippen LogP contribution in [0.3, 0.4) is 0 Å². The van der Waals surface area contributed by atoms with Crippen LogP contribution in [-0.2, 0) is 0 Å². The normalized spacial score (nSPS) is 12.2. The van der Waals surface area contributed by atoms with Crippen LogP contribution in [0.25, 0.3) is 0 Å².